The molecule has 1 aromatic carbocycles. The lowest BCUT2D eigenvalue weighted by molar-refractivity contribution is 0.137. The van der Waals surface area contributed by atoms with Crippen LogP contribution in [0.25, 0.3) is 0 Å². The van der Waals surface area contributed by atoms with E-state index in [1.54, 1.807) is 0 Å². The van der Waals surface area contributed by atoms with Crippen LogP contribution >= 0.6 is 9.39 Å². The van der Waals surface area contributed by atoms with E-state index in [1.165, 1.54) is 0 Å². The molecule has 2 N–H and O–H groups in total. The molecule has 16 heavy (non-hydrogen) atoms. The first-order valence-corrected chi connectivity index (χ1v) is 5.20. The molecule has 0 aromatic heterocycles. The van der Waals surface area contributed by atoms with E-state index >= 15 is 0 Å². The molecule has 3 atom stereocenters. The van der Waals surface area contributed by atoms with Crippen LogP contribution in [-0.2, 0) is 0 Å². The molecule has 2 unspecified atom stereocenters. The first-order chi connectivity index (χ1) is 7.60. The number of hydrogen-bond acceptors (Lipinski definition) is 2. The number of terminal acetylenes is 1. The van der Waals surface area contributed by atoms with E-state index in [1.807, 2.05) is 0 Å². The quantitative estimate of drug-likeness (QED) is 0.624. The normalized spacial score (nSPS) is 14.2. The molecule has 0 aliphatic carbocycles. The molecular formula is C11H12F2NOP. The fourth-order valence-corrected chi connectivity index (χ4v) is 1.65. The van der Waals surface area contributed by atoms with Crippen molar-refractivity contribution in [2.45, 2.75) is 18.6 Å². The van der Waals surface area contributed by atoms with Crippen LogP contribution in [0.5, 0.6) is 0 Å². The zero-order valence-electron chi connectivity index (χ0n) is 8.45. The molecule has 0 spiro atoms. The second-order valence-corrected chi connectivity index (χ2v) is 3.63. The minimum atomic E-state index is -1.19. The van der Waals surface area contributed by atoms with E-state index in [9.17, 15) is 13.9 Å². The standard InChI is InChI=1S/C11H12F2NOP/c1-2-3-10(14-16)11(15)8-6-7(12)4-5-9(8)13/h1,4-6,10-11,14-15H,3,16H2/t10-,11?/m0/s1. The molecule has 0 saturated heterocycles. The van der Waals surface area contributed by atoms with Crippen molar-refractivity contribution in [2.75, 3.05) is 0 Å². The van der Waals surface area contributed by atoms with E-state index in [2.05, 4.69) is 20.4 Å². The van der Waals surface area contributed by atoms with Gasteiger partial charge in [0, 0.05) is 12.0 Å². The second kappa shape index (κ2) is 5.91. The number of aliphatic hydroxyl groups excluding tert-OH is 1. The smallest absolute Gasteiger partial charge is 0.129 e. The van der Waals surface area contributed by atoms with Crippen LogP contribution in [0.1, 0.15) is 18.1 Å². The summed E-state index contributed by atoms with van der Waals surface area (Å²) < 4.78 is 26.3. The maximum absolute atomic E-state index is 13.3. The minimum Gasteiger partial charge on any atom is -0.387 e. The average Bonchev–Trinajstić information content (AvgIpc) is 2.28. The molecule has 0 bridgehead atoms. The van der Waals surface area contributed by atoms with Crippen LogP contribution in [0.3, 0.4) is 0 Å². The number of benzene rings is 1. The summed E-state index contributed by atoms with van der Waals surface area (Å²) in [6.07, 6.45) is 4.13. The van der Waals surface area contributed by atoms with Gasteiger partial charge in [-0.3, -0.25) is 5.09 Å². The topological polar surface area (TPSA) is 32.3 Å². The molecule has 0 aliphatic heterocycles. The first kappa shape index (κ1) is 13.1. The lowest BCUT2D eigenvalue weighted by Crippen LogP contribution is -2.28. The molecule has 0 aliphatic rings. The Bertz CT molecular complexity index is 405. The Kier molecular flexibility index (Phi) is 4.82. The van der Waals surface area contributed by atoms with Crippen molar-refractivity contribution in [3.05, 3.63) is 35.4 Å². The van der Waals surface area contributed by atoms with Gasteiger partial charge in [0.25, 0.3) is 0 Å². The predicted octanol–water partition coefficient (Wildman–Crippen LogP) is 1.77. The van der Waals surface area contributed by atoms with E-state index < -0.39 is 23.8 Å². The number of rotatable bonds is 4. The van der Waals surface area contributed by atoms with Gasteiger partial charge in [-0.15, -0.1) is 12.3 Å². The van der Waals surface area contributed by atoms with Crippen LogP contribution in [0.2, 0.25) is 0 Å². The van der Waals surface area contributed by atoms with Crippen LogP contribution < -0.4 is 5.09 Å². The van der Waals surface area contributed by atoms with E-state index in [4.69, 9.17) is 6.42 Å². The van der Waals surface area contributed by atoms with Gasteiger partial charge in [0.2, 0.25) is 0 Å². The average molecular weight is 243 g/mol. The largest absolute Gasteiger partial charge is 0.387 e. The SMILES string of the molecule is C#CC[C@H](NP)C(O)c1cc(F)ccc1F. The Morgan fingerprint density at radius 3 is 2.75 bits per heavy atom. The summed E-state index contributed by atoms with van der Waals surface area (Å²) in [7, 11) is 2.19. The van der Waals surface area contributed by atoms with Gasteiger partial charge >= 0.3 is 0 Å². The van der Waals surface area contributed by atoms with Crippen LogP contribution in [0.4, 0.5) is 8.78 Å². The highest BCUT2D eigenvalue weighted by molar-refractivity contribution is 7.13. The summed E-state index contributed by atoms with van der Waals surface area (Å²) in [5.41, 5.74) is -0.102. The molecule has 86 valence electrons. The van der Waals surface area contributed by atoms with Gasteiger partial charge in [0.05, 0.1) is 12.1 Å². The van der Waals surface area contributed by atoms with Gasteiger partial charge < -0.3 is 5.11 Å². The molecule has 0 radical (unpaired) electrons. The zero-order chi connectivity index (χ0) is 12.1. The molecule has 5 heteroatoms. The molecule has 0 amide bonds. The third-order valence-corrected chi connectivity index (χ3v) is 2.64. The Hall–Kier alpha value is -1.01. The maximum Gasteiger partial charge on any atom is 0.129 e. The number of aliphatic hydroxyl groups is 1. The number of hydrogen-bond donors (Lipinski definition) is 2. The van der Waals surface area contributed by atoms with Crippen molar-refractivity contribution in [1.82, 2.24) is 5.09 Å². The van der Waals surface area contributed by atoms with Crippen molar-refractivity contribution in [3.63, 3.8) is 0 Å². The molecule has 0 heterocycles. The van der Waals surface area contributed by atoms with Gasteiger partial charge in [0.1, 0.15) is 11.6 Å². The molecular weight excluding hydrogens is 231 g/mol. The summed E-state index contributed by atoms with van der Waals surface area (Å²) >= 11 is 0. The van der Waals surface area contributed by atoms with Gasteiger partial charge in [-0.25, -0.2) is 8.78 Å². The highest BCUT2D eigenvalue weighted by Crippen LogP contribution is 2.23. The van der Waals surface area contributed by atoms with Crippen molar-refractivity contribution >= 4 is 9.39 Å². The van der Waals surface area contributed by atoms with E-state index in [0.29, 0.717) is 0 Å². The van der Waals surface area contributed by atoms with Crippen LogP contribution in [0, 0.1) is 24.0 Å². The molecule has 1 rings (SSSR count). The Morgan fingerprint density at radius 2 is 2.19 bits per heavy atom. The summed E-state index contributed by atoms with van der Waals surface area (Å²) in [5.74, 6) is 1.10. The second-order valence-electron chi connectivity index (χ2n) is 3.29. The Labute approximate surface area is 95.3 Å². The van der Waals surface area contributed by atoms with Crippen LogP contribution in [-0.4, -0.2) is 11.1 Å². The number of nitrogens with one attached hydrogen (secondary N) is 1. The van der Waals surface area contributed by atoms with Crippen molar-refractivity contribution < 1.29 is 13.9 Å². The van der Waals surface area contributed by atoms with Crippen molar-refractivity contribution in [2.24, 2.45) is 0 Å². The lowest BCUT2D eigenvalue weighted by Gasteiger charge is -2.21. The molecule has 0 saturated carbocycles. The molecule has 1 aromatic rings. The van der Waals surface area contributed by atoms with Gasteiger partial charge in [-0.05, 0) is 18.2 Å². The lowest BCUT2D eigenvalue weighted by atomic mass is 10.00. The minimum absolute atomic E-state index is 0.102. The van der Waals surface area contributed by atoms with Crippen molar-refractivity contribution in [3.8, 4) is 12.3 Å². The van der Waals surface area contributed by atoms with Gasteiger partial charge in [-0.2, -0.15) is 0 Å². The first-order valence-electron chi connectivity index (χ1n) is 4.62. The summed E-state index contributed by atoms with van der Waals surface area (Å²) in [5, 5.41) is 12.5. The van der Waals surface area contributed by atoms with Crippen LogP contribution in [0.15, 0.2) is 18.2 Å². The Morgan fingerprint density at radius 1 is 1.50 bits per heavy atom. The molecule has 2 nitrogen and oxygen atoms in total. The number of halogens is 2. The fraction of sp³-hybridized carbons (Fsp3) is 0.273. The fourth-order valence-electron chi connectivity index (χ4n) is 1.35. The van der Waals surface area contributed by atoms with E-state index in [-0.39, 0.29) is 12.0 Å². The van der Waals surface area contributed by atoms with Gasteiger partial charge in [0.15, 0.2) is 0 Å². The maximum atomic E-state index is 13.3. The predicted molar refractivity (Wildman–Crippen MR) is 61.4 cm³/mol. The third kappa shape index (κ3) is 2.99. The summed E-state index contributed by atoms with van der Waals surface area (Å²) in [6.45, 7) is 0. The molecule has 0 fully saturated rings. The Balaban J connectivity index is 2.98. The highest BCUT2D eigenvalue weighted by atomic mass is 31.0. The van der Waals surface area contributed by atoms with E-state index in [0.717, 1.165) is 18.2 Å². The summed E-state index contributed by atoms with van der Waals surface area (Å²) in [4.78, 5) is 0. The highest BCUT2D eigenvalue weighted by Gasteiger charge is 2.22. The zero-order valence-corrected chi connectivity index (χ0v) is 9.61. The monoisotopic (exact) mass is 243 g/mol. The van der Waals surface area contributed by atoms with Crippen molar-refractivity contribution in [1.29, 1.82) is 0 Å². The van der Waals surface area contributed by atoms with Gasteiger partial charge in [-0.1, -0.05) is 9.39 Å². The summed E-state index contributed by atoms with van der Waals surface area (Å²) in [6, 6.07) is 2.40. The third-order valence-electron chi connectivity index (χ3n) is 2.21.